The van der Waals surface area contributed by atoms with E-state index in [2.05, 4.69) is 70.1 Å². The van der Waals surface area contributed by atoms with Gasteiger partial charge in [-0.2, -0.15) is 0 Å². The molecule has 0 amide bonds. The van der Waals surface area contributed by atoms with Crippen LogP contribution in [-0.4, -0.2) is 15.8 Å². The number of aliphatic hydroxyl groups is 1. The van der Waals surface area contributed by atoms with Gasteiger partial charge in [-0.1, -0.05) is 48.9 Å². The van der Waals surface area contributed by atoms with Crippen LogP contribution in [0.4, 0.5) is 0 Å². The van der Waals surface area contributed by atoms with Crippen LogP contribution in [0.5, 0.6) is 0 Å². The maximum Gasteiger partial charge on any atom is 0.245 e. The molecule has 1 aliphatic rings. The van der Waals surface area contributed by atoms with Crippen LogP contribution < -0.4 is 4.57 Å². The van der Waals surface area contributed by atoms with Crippen molar-refractivity contribution in [2.75, 3.05) is 0 Å². The smallest absolute Gasteiger partial charge is 0.245 e. The summed E-state index contributed by atoms with van der Waals surface area (Å²) in [5.74, 6) is 0. The molecule has 2 aromatic carbocycles. The molecule has 0 spiro atoms. The summed E-state index contributed by atoms with van der Waals surface area (Å²) in [7, 11) is 0. The second-order valence-corrected chi connectivity index (χ2v) is 6.54. The fraction of sp³-hybridized carbons (Fsp3) is 0.350. The highest BCUT2D eigenvalue weighted by atomic mass is 16.3. The fourth-order valence-corrected chi connectivity index (χ4v) is 3.79. The van der Waals surface area contributed by atoms with Gasteiger partial charge >= 0.3 is 0 Å². The summed E-state index contributed by atoms with van der Waals surface area (Å²) in [4.78, 5) is 0. The molecule has 3 nitrogen and oxygen atoms in total. The van der Waals surface area contributed by atoms with Gasteiger partial charge in [0.25, 0.3) is 0 Å². The van der Waals surface area contributed by atoms with E-state index in [0.29, 0.717) is 0 Å². The number of rotatable bonds is 3. The predicted molar refractivity (Wildman–Crippen MR) is 91.2 cm³/mol. The SMILES string of the molecule is OC1CCCCC1n1c[n+](Cc2ccccc2)c2ccccc21. The first-order valence-corrected chi connectivity index (χ1v) is 8.54. The van der Waals surface area contributed by atoms with E-state index in [1.54, 1.807) is 0 Å². The van der Waals surface area contributed by atoms with Gasteiger partial charge < -0.3 is 5.11 Å². The van der Waals surface area contributed by atoms with Gasteiger partial charge in [-0.3, -0.25) is 0 Å². The number of fused-ring (bicyclic) bond motifs is 1. The Morgan fingerprint density at radius 3 is 2.52 bits per heavy atom. The molecule has 23 heavy (non-hydrogen) atoms. The third-order valence-electron chi connectivity index (χ3n) is 4.98. The lowest BCUT2D eigenvalue weighted by Gasteiger charge is -2.25. The summed E-state index contributed by atoms with van der Waals surface area (Å²) in [6.07, 6.45) is 6.27. The van der Waals surface area contributed by atoms with Gasteiger partial charge in [0.15, 0.2) is 11.0 Å². The minimum Gasteiger partial charge on any atom is -0.389 e. The molecule has 118 valence electrons. The zero-order valence-electron chi connectivity index (χ0n) is 13.3. The van der Waals surface area contributed by atoms with Crippen LogP contribution in [-0.2, 0) is 6.54 Å². The number of nitrogens with zero attached hydrogens (tertiary/aromatic N) is 2. The summed E-state index contributed by atoms with van der Waals surface area (Å²) in [6.45, 7) is 0.858. The van der Waals surface area contributed by atoms with E-state index in [0.717, 1.165) is 25.8 Å². The summed E-state index contributed by atoms with van der Waals surface area (Å²) >= 11 is 0. The van der Waals surface area contributed by atoms with Crippen molar-refractivity contribution in [3.8, 4) is 0 Å². The lowest BCUT2D eigenvalue weighted by Crippen LogP contribution is -2.34. The van der Waals surface area contributed by atoms with Crippen molar-refractivity contribution >= 4 is 11.0 Å². The number of benzene rings is 2. The van der Waals surface area contributed by atoms with E-state index in [1.165, 1.54) is 23.0 Å². The standard InChI is InChI=1S/C20H23N2O/c23-20-13-7-6-12-19(20)22-15-21(14-16-8-2-1-3-9-16)17-10-4-5-11-18(17)22/h1-5,8-11,15,19-20,23H,6-7,12-14H2/q+1. The minimum atomic E-state index is -0.232. The van der Waals surface area contributed by atoms with E-state index < -0.39 is 0 Å². The summed E-state index contributed by atoms with van der Waals surface area (Å²) in [5.41, 5.74) is 3.74. The number of para-hydroxylation sites is 2. The molecule has 3 heteroatoms. The van der Waals surface area contributed by atoms with E-state index in [4.69, 9.17) is 0 Å². The maximum atomic E-state index is 10.5. The summed E-state index contributed by atoms with van der Waals surface area (Å²) < 4.78 is 4.59. The zero-order chi connectivity index (χ0) is 15.6. The van der Waals surface area contributed by atoms with Crippen molar-refractivity contribution in [2.24, 2.45) is 0 Å². The van der Waals surface area contributed by atoms with Crippen LogP contribution in [0.3, 0.4) is 0 Å². The Bertz CT molecular complexity index is 794. The quantitative estimate of drug-likeness (QED) is 0.738. The van der Waals surface area contributed by atoms with Crippen molar-refractivity contribution < 1.29 is 9.67 Å². The largest absolute Gasteiger partial charge is 0.389 e. The molecule has 1 heterocycles. The second kappa shape index (κ2) is 6.17. The van der Waals surface area contributed by atoms with Gasteiger partial charge in [0.05, 0.1) is 6.10 Å². The highest BCUT2D eigenvalue weighted by Crippen LogP contribution is 2.30. The molecule has 2 unspecified atom stereocenters. The molecule has 2 atom stereocenters. The van der Waals surface area contributed by atoms with E-state index in [9.17, 15) is 5.11 Å². The molecular formula is C20H23N2O+. The third-order valence-corrected chi connectivity index (χ3v) is 4.98. The van der Waals surface area contributed by atoms with Gasteiger partial charge in [-0.15, -0.1) is 0 Å². The number of aromatic nitrogens is 2. The molecule has 3 aromatic rings. The molecule has 0 saturated heterocycles. The number of hydrogen-bond acceptors (Lipinski definition) is 1. The number of aliphatic hydroxyl groups excluding tert-OH is 1. The first-order valence-electron chi connectivity index (χ1n) is 8.54. The molecule has 0 bridgehead atoms. The average Bonchev–Trinajstić information content (AvgIpc) is 2.95. The van der Waals surface area contributed by atoms with Gasteiger partial charge in [0, 0.05) is 0 Å². The molecular weight excluding hydrogens is 284 g/mol. The Morgan fingerprint density at radius 2 is 1.70 bits per heavy atom. The topological polar surface area (TPSA) is 29.0 Å². The zero-order valence-corrected chi connectivity index (χ0v) is 13.3. The Labute approximate surface area is 136 Å². The summed E-state index contributed by atoms with van der Waals surface area (Å²) in [5, 5.41) is 10.5. The summed E-state index contributed by atoms with van der Waals surface area (Å²) in [6, 6.07) is 19.2. The predicted octanol–water partition coefficient (Wildman–Crippen LogP) is 3.45. The highest BCUT2D eigenvalue weighted by molar-refractivity contribution is 5.71. The lowest BCUT2D eigenvalue weighted by atomic mass is 9.92. The Balaban J connectivity index is 1.77. The van der Waals surface area contributed by atoms with Gasteiger partial charge in [-0.25, -0.2) is 9.13 Å². The Morgan fingerprint density at radius 1 is 0.957 bits per heavy atom. The molecule has 1 N–H and O–H groups in total. The van der Waals surface area contributed by atoms with Crippen LogP contribution in [0.2, 0.25) is 0 Å². The third kappa shape index (κ3) is 2.77. The van der Waals surface area contributed by atoms with Crippen LogP contribution in [0.15, 0.2) is 60.9 Å². The number of hydrogen-bond donors (Lipinski definition) is 1. The van der Waals surface area contributed by atoms with Crippen molar-refractivity contribution in [2.45, 2.75) is 44.4 Å². The average molecular weight is 307 g/mol. The minimum absolute atomic E-state index is 0.200. The fourth-order valence-electron chi connectivity index (χ4n) is 3.79. The van der Waals surface area contributed by atoms with Crippen LogP contribution in [0.1, 0.15) is 37.3 Å². The monoisotopic (exact) mass is 307 g/mol. The first kappa shape index (κ1) is 14.5. The van der Waals surface area contributed by atoms with Crippen LogP contribution in [0.25, 0.3) is 11.0 Å². The van der Waals surface area contributed by atoms with Crippen LogP contribution >= 0.6 is 0 Å². The molecule has 0 radical (unpaired) electrons. The normalized spacial score (nSPS) is 21.6. The van der Waals surface area contributed by atoms with Gasteiger partial charge in [-0.05, 0) is 37.0 Å². The second-order valence-electron chi connectivity index (χ2n) is 6.54. The molecule has 4 rings (SSSR count). The molecule has 1 aliphatic carbocycles. The van der Waals surface area contributed by atoms with E-state index in [-0.39, 0.29) is 12.1 Å². The lowest BCUT2D eigenvalue weighted by molar-refractivity contribution is -0.663. The highest BCUT2D eigenvalue weighted by Gasteiger charge is 2.31. The van der Waals surface area contributed by atoms with E-state index >= 15 is 0 Å². The Kier molecular flexibility index (Phi) is 3.88. The number of imidazole rings is 1. The molecule has 1 fully saturated rings. The van der Waals surface area contributed by atoms with Crippen molar-refractivity contribution in [1.29, 1.82) is 0 Å². The van der Waals surface area contributed by atoms with Crippen LogP contribution in [0, 0.1) is 0 Å². The molecule has 1 aromatic heterocycles. The Hall–Kier alpha value is -2.13. The van der Waals surface area contributed by atoms with Crippen molar-refractivity contribution in [3.05, 3.63) is 66.5 Å². The van der Waals surface area contributed by atoms with Gasteiger partial charge in [0.2, 0.25) is 6.33 Å². The van der Waals surface area contributed by atoms with Gasteiger partial charge in [0.1, 0.15) is 12.6 Å². The first-order chi connectivity index (χ1) is 11.3. The van der Waals surface area contributed by atoms with Crippen molar-refractivity contribution in [3.63, 3.8) is 0 Å². The maximum absolute atomic E-state index is 10.5. The van der Waals surface area contributed by atoms with E-state index in [1.807, 2.05) is 0 Å². The molecule has 1 saturated carbocycles. The molecule has 0 aliphatic heterocycles. The van der Waals surface area contributed by atoms with Crippen molar-refractivity contribution in [1.82, 2.24) is 4.57 Å².